The lowest BCUT2D eigenvalue weighted by Crippen LogP contribution is -2.30. The van der Waals surface area contributed by atoms with Crippen molar-refractivity contribution in [1.29, 1.82) is 0 Å². The van der Waals surface area contributed by atoms with E-state index in [0.29, 0.717) is 6.42 Å². The van der Waals surface area contributed by atoms with Gasteiger partial charge in [0.15, 0.2) is 0 Å². The average molecular weight is 160 g/mol. The number of aliphatic carboxylic acids is 1. The molecule has 66 valence electrons. The van der Waals surface area contributed by atoms with Crippen LogP contribution in [0.5, 0.6) is 0 Å². The Bertz CT molecular complexity index is 126. The van der Waals surface area contributed by atoms with Gasteiger partial charge in [-0.3, -0.25) is 4.79 Å². The quantitative estimate of drug-likeness (QED) is 0.498. The summed E-state index contributed by atoms with van der Waals surface area (Å²) in [5, 5.41) is 8.39. The molecule has 0 aliphatic heterocycles. The van der Waals surface area contributed by atoms with Crippen LogP contribution in [0, 0.1) is 5.92 Å². The van der Waals surface area contributed by atoms with Crippen LogP contribution in [-0.4, -0.2) is 17.2 Å². The standard InChI is InChI=1S/C7H16N2O2/c1-5(4-7(10)11)2-3-6(8)9/h5-6H,2-4,8-9H2,1H3,(H,10,11). The number of nitrogens with two attached hydrogens (primary N) is 2. The molecular weight excluding hydrogens is 144 g/mol. The maximum atomic E-state index is 10.2. The zero-order chi connectivity index (χ0) is 8.85. The van der Waals surface area contributed by atoms with E-state index in [-0.39, 0.29) is 18.5 Å². The number of carboxylic acid groups (broad SMARTS) is 1. The maximum absolute atomic E-state index is 10.2. The first-order chi connectivity index (χ1) is 5.02. The van der Waals surface area contributed by atoms with Gasteiger partial charge in [0.1, 0.15) is 0 Å². The predicted octanol–water partition coefficient (Wildman–Crippen LogP) is 0.121. The first-order valence-corrected chi connectivity index (χ1v) is 3.75. The van der Waals surface area contributed by atoms with Gasteiger partial charge in [-0.15, -0.1) is 0 Å². The van der Waals surface area contributed by atoms with Crippen molar-refractivity contribution >= 4 is 5.97 Å². The third-order valence-corrected chi connectivity index (χ3v) is 1.52. The van der Waals surface area contributed by atoms with Gasteiger partial charge in [0.25, 0.3) is 0 Å². The molecule has 4 nitrogen and oxygen atoms in total. The van der Waals surface area contributed by atoms with Crippen molar-refractivity contribution in [1.82, 2.24) is 0 Å². The first kappa shape index (κ1) is 10.4. The molecule has 0 bridgehead atoms. The molecule has 1 atom stereocenters. The molecule has 0 rings (SSSR count). The van der Waals surface area contributed by atoms with Gasteiger partial charge in [-0.05, 0) is 18.8 Å². The van der Waals surface area contributed by atoms with Crippen LogP contribution >= 0.6 is 0 Å². The molecule has 0 fully saturated rings. The Labute approximate surface area is 66.6 Å². The third-order valence-electron chi connectivity index (χ3n) is 1.52. The number of rotatable bonds is 5. The molecular formula is C7H16N2O2. The lowest BCUT2D eigenvalue weighted by Gasteiger charge is -2.09. The van der Waals surface area contributed by atoms with E-state index in [1.54, 1.807) is 0 Å². The van der Waals surface area contributed by atoms with Gasteiger partial charge in [-0.2, -0.15) is 0 Å². The Kier molecular flexibility index (Phi) is 4.81. The second-order valence-electron chi connectivity index (χ2n) is 2.94. The van der Waals surface area contributed by atoms with Crippen LogP contribution in [0.1, 0.15) is 26.2 Å². The third kappa shape index (κ3) is 7.29. The van der Waals surface area contributed by atoms with Crippen molar-refractivity contribution in [2.45, 2.75) is 32.4 Å². The number of carboxylic acids is 1. The number of carbonyl (C=O) groups is 1. The van der Waals surface area contributed by atoms with Crippen LogP contribution in [0.3, 0.4) is 0 Å². The summed E-state index contributed by atoms with van der Waals surface area (Å²) in [5.41, 5.74) is 10.6. The molecule has 0 amide bonds. The minimum atomic E-state index is -0.761. The van der Waals surface area contributed by atoms with E-state index < -0.39 is 5.97 Å². The Morgan fingerprint density at radius 2 is 2.00 bits per heavy atom. The topological polar surface area (TPSA) is 89.3 Å². The fourth-order valence-corrected chi connectivity index (χ4v) is 0.877. The van der Waals surface area contributed by atoms with Crippen molar-refractivity contribution in [3.8, 4) is 0 Å². The fourth-order valence-electron chi connectivity index (χ4n) is 0.877. The zero-order valence-electron chi connectivity index (χ0n) is 6.79. The highest BCUT2D eigenvalue weighted by Gasteiger charge is 2.07. The lowest BCUT2D eigenvalue weighted by molar-refractivity contribution is -0.138. The van der Waals surface area contributed by atoms with Gasteiger partial charge in [0.05, 0.1) is 6.17 Å². The van der Waals surface area contributed by atoms with E-state index >= 15 is 0 Å². The van der Waals surface area contributed by atoms with Crippen LogP contribution in [-0.2, 0) is 4.79 Å². The molecule has 0 aromatic rings. The summed E-state index contributed by atoms with van der Waals surface area (Å²) >= 11 is 0. The Morgan fingerprint density at radius 1 is 1.45 bits per heavy atom. The zero-order valence-corrected chi connectivity index (χ0v) is 6.79. The predicted molar refractivity (Wildman–Crippen MR) is 42.8 cm³/mol. The smallest absolute Gasteiger partial charge is 0.303 e. The Hall–Kier alpha value is -0.610. The van der Waals surface area contributed by atoms with Gasteiger partial charge in [0.2, 0.25) is 0 Å². The van der Waals surface area contributed by atoms with Crippen molar-refractivity contribution in [3.63, 3.8) is 0 Å². The van der Waals surface area contributed by atoms with Crippen molar-refractivity contribution in [2.75, 3.05) is 0 Å². The van der Waals surface area contributed by atoms with Crippen molar-refractivity contribution in [3.05, 3.63) is 0 Å². The Morgan fingerprint density at radius 3 is 2.36 bits per heavy atom. The molecule has 0 heterocycles. The van der Waals surface area contributed by atoms with Gasteiger partial charge < -0.3 is 16.6 Å². The van der Waals surface area contributed by atoms with Crippen LogP contribution in [0.4, 0.5) is 0 Å². The van der Waals surface area contributed by atoms with Crippen LogP contribution in [0.15, 0.2) is 0 Å². The van der Waals surface area contributed by atoms with Crippen LogP contribution < -0.4 is 11.5 Å². The SMILES string of the molecule is CC(CCC(N)N)CC(=O)O. The molecule has 0 saturated carbocycles. The van der Waals surface area contributed by atoms with Crippen molar-refractivity contribution < 1.29 is 9.90 Å². The highest BCUT2D eigenvalue weighted by molar-refractivity contribution is 5.66. The molecule has 0 aromatic heterocycles. The molecule has 11 heavy (non-hydrogen) atoms. The second kappa shape index (κ2) is 5.09. The van der Waals surface area contributed by atoms with Crippen LogP contribution in [0.2, 0.25) is 0 Å². The molecule has 0 saturated heterocycles. The normalized spacial score (nSPS) is 13.5. The second-order valence-corrected chi connectivity index (χ2v) is 2.94. The highest BCUT2D eigenvalue weighted by Crippen LogP contribution is 2.09. The fraction of sp³-hybridized carbons (Fsp3) is 0.857. The minimum absolute atomic E-state index is 0.169. The summed E-state index contributed by atoms with van der Waals surface area (Å²) in [6.45, 7) is 1.89. The van der Waals surface area contributed by atoms with E-state index in [1.165, 1.54) is 0 Å². The maximum Gasteiger partial charge on any atom is 0.303 e. The summed E-state index contributed by atoms with van der Waals surface area (Å²) in [5.74, 6) is -0.592. The summed E-state index contributed by atoms with van der Waals surface area (Å²) in [4.78, 5) is 10.2. The molecule has 4 heteroatoms. The molecule has 0 aromatic carbocycles. The van der Waals surface area contributed by atoms with Crippen LogP contribution in [0.25, 0.3) is 0 Å². The first-order valence-electron chi connectivity index (χ1n) is 3.75. The average Bonchev–Trinajstić information content (AvgIpc) is 1.82. The monoisotopic (exact) mass is 160 g/mol. The number of hydrogen-bond donors (Lipinski definition) is 3. The van der Waals surface area contributed by atoms with Gasteiger partial charge >= 0.3 is 5.97 Å². The summed E-state index contributed by atoms with van der Waals surface area (Å²) in [7, 11) is 0. The molecule has 5 N–H and O–H groups in total. The van der Waals surface area contributed by atoms with E-state index in [9.17, 15) is 4.79 Å². The van der Waals surface area contributed by atoms with E-state index in [0.717, 1.165) is 6.42 Å². The van der Waals surface area contributed by atoms with Crippen molar-refractivity contribution in [2.24, 2.45) is 17.4 Å². The highest BCUT2D eigenvalue weighted by atomic mass is 16.4. The van der Waals surface area contributed by atoms with E-state index in [2.05, 4.69) is 0 Å². The molecule has 0 aliphatic rings. The van der Waals surface area contributed by atoms with E-state index in [1.807, 2.05) is 6.92 Å². The molecule has 1 unspecified atom stereocenters. The van der Waals surface area contributed by atoms with Gasteiger partial charge in [-0.1, -0.05) is 6.92 Å². The lowest BCUT2D eigenvalue weighted by atomic mass is 10.0. The molecule has 0 aliphatic carbocycles. The van der Waals surface area contributed by atoms with Gasteiger partial charge in [-0.25, -0.2) is 0 Å². The van der Waals surface area contributed by atoms with E-state index in [4.69, 9.17) is 16.6 Å². The molecule has 0 radical (unpaired) electrons. The Balaban J connectivity index is 3.37. The summed E-state index contributed by atoms with van der Waals surface area (Å²) in [6.07, 6.45) is 1.36. The minimum Gasteiger partial charge on any atom is -0.481 e. The van der Waals surface area contributed by atoms with Gasteiger partial charge in [0, 0.05) is 6.42 Å². The largest absolute Gasteiger partial charge is 0.481 e. The molecule has 0 spiro atoms. The summed E-state index contributed by atoms with van der Waals surface area (Å²) < 4.78 is 0. The number of hydrogen-bond acceptors (Lipinski definition) is 3. The summed E-state index contributed by atoms with van der Waals surface area (Å²) in [6, 6.07) is 0.